The van der Waals surface area contributed by atoms with Gasteiger partial charge in [0.25, 0.3) is 0 Å². The second-order valence-electron chi connectivity index (χ2n) is 7.87. The maximum atomic E-state index is 4.78. The zero-order valence-corrected chi connectivity index (χ0v) is 18.4. The average Bonchev–Trinajstić information content (AvgIpc) is 3.08. The molecule has 0 unspecified atom stereocenters. The van der Waals surface area contributed by atoms with Gasteiger partial charge in [-0.15, -0.1) is 24.8 Å². The van der Waals surface area contributed by atoms with Gasteiger partial charge in [0.05, 0.1) is 0 Å². The summed E-state index contributed by atoms with van der Waals surface area (Å²) in [5.74, 6) is 3.40. The third kappa shape index (κ3) is 3.80. The van der Waals surface area contributed by atoms with E-state index in [-0.39, 0.29) is 24.8 Å². The molecule has 0 saturated carbocycles. The highest BCUT2D eigenvalue weighted by molar-refractivity contribution is 5.85. The molecule has 2 aromatic rings. The van der Waals surface area contributed by atoms with E-state index in [1.54, 1.807) is 0 Å². The first-order valence-electron chi connectivity index (χ1n) is 9.28. The molecule has 1 aromatic heterocycles. The molecule has 0 aliphatic carbocycles. The zero-order valence-electron chi connectivity index (χ0n) is 16.8. The molecular formula is C21H30Cl2N4. The van der Waals surface area contributed by atoms with Crippen molar-refractivity contribution in [1.29, 1.82) is 0 Å². The number of anilines is 1. The van der Waals surface area contributed by atoms with Gasteiger partial charge in [-0.05, 0) is 51.8 Å². The second-order valence-corrected chi connectivity index (χ2v) is 7.87. The number of fused-ring (bicyclic) bond motifs is 1. The average molecular weight is 409 g/mol. The van der Waals surface area contributed by atoms with Crippen LogP contribution in [0.15, 0.2) is 24.3 Å². The van der Waals surface area contributed by atoms with Crippen molar-refractivity contribution in [1.82, 2.24) is 14.9 Å². The van der Waals surface area contributed by atoms with Crippen LogP contribution in [0.5, 0.6) is 0 Å². The van der Waals surface area contributed by atoms with Crippen molar-refractivity contribution in [2.24, 2.45) is 11.8 Å². The Bertz CT molecular complexity index is 811. The molecule has 27 heavy (non-hydrogen) atoms. The first kappa shape index (κ1) is 21.9. The molecule has 2 aliphatic rings. The first-order valence-corrected chi connectivity index (χ1v) is 9.28. The molecule has 4 nitrogen and oxygen atoms in total. The van der Waals surface area contributed by atoms with Gasteiger partial charge >= 0.3 is 0 Å². The van der Waals surface area contributed by atoms with Gasteiger partial charge in [0.1, 0.15) is 11.6 Å². The molecule has 3 heterocycles. The van der Waals surface area contributed by atoms with Crippen LogP contribution in [0.2, 0.25) is 0 Å². The number of aromatic nitrogens is 2. The molecule has 0 radical (unpaired) electrons. The standard InChI is InChI=1S/C21H28N4.2ClH/c1-13-8-6-7-9-18(13)20-19-12-25(11-17(19)10-24(20)5)21-14(2)15(3)22-16(4)23-21;;/h6-9,17,19-20H,10-12H2,1-5H3;2*1H/t17-,19+,20-;;/m0../s1. The number of hydrogen-bond donors (Lipinski definition) is 0. The number of hydrogen-bond acceptors (Lipinski definition) is 4. The van der Waals surface area contributed by atoms with Gasteiger partial charge < -0.3 is 4.90 Å². The lowest BCUT2D eigenvalue weighted by Gasteiger charge is -2.29. The van der Waals surface area contributed by atoms with Crippen LogP contribution in [-0.4, -0.2) is 41.5 Å². The second kappa shape index (κ2) is 8.34. The maximum absolute atomic E-state index is 4.78. The lowest BCUT2D eigenvalue weighted by molar-refractivity contribution is 0.279. The van der Waals surface area contributed by atoms with Crippen LogP contribution in [0.1, 0.15) is 34.3 Å². The Morgan fingerprint density at radius 3 is 2.33 bits per heavy atom. The van der Waals surface area contributed by atoms with Crippen LogP contribution in [-0.2, 0) is 0 Å². The van der Waals surface area contributed by atoms with Crippen LogP contribution < -0.4 is 4.90 Å². The minimum Gasteiger partial charge on any atom is -0.356 e. The maximum Gasteiger partial charge on any atom is 0.135 e. The topological polar surface area (TPSA) is 32.3 Å². The van der Waals surface area contributed by atoms with Gasteiger partial charge in [-0.25, -0.2) is 9.97 Å². The highest BCUT2D eigenvalue weighted by atomic mass is 35.5. The first-order chi connectivity index (χ1) is 12.0. The van der Waals surface area contributed by atoms with E-state index in [1.807, 2.05) is 6.92 Å². The van der Waals surface area contributed by atoms with Crippen LogP contribution in [0.4, 0.5) is 5.82 Å². The van der Waals surface area contributed by atoms with Gasteiger partial charge in [-0.2, -0.15) is 0 Å². The summed E-state index contributed by atoms with van der Waals surface area (Å²) in [6, 6.07) is 9.39. The van der Waals surface area contributed by atoms with Crippen molar-refractivity contribution in [3.05, 3.63) is 52.5 Å². The Balaban J connectivity index is 0.00000131. The summed E-state index contributed by atoms with van der Waals surface area (Å²) in [7, 11) is 2.28. The van der Waals surface area contributed by atoms with Crippen molar-refractivity contribution in [2.75, 3.05) is 31.6 Å². The Kier molecular flexibility index (Phi) is 6.77. The third-order valence-electron chi connectivity index (χ3n) is 6.18. The largest absolute Gasteiger partial charge is 0.356 e. The molecule has 148 valence electrons. The summed E-state index contributed by atoms with van der Waals surface area (Å²) in [4.78, 5) is 14.4. The van der Waals surface area contributed by atoms with E-state index >= 15 is 0 Å². The molecule has 2 aliphatic heterocycles. The van der Waals surface area contributed by atoms with Crippen LogP contribution >= 0.6 is 24.8 Å². The molecule has 0 amide bonds. The van der Waals surface area contributed by atoms with Gasteiger partial charge in [-0.3, -0.25) is 4.90 Å². The highest BCUT2D eigenvalue weighted by Gasteiger charge is 2.47. The van der Waals surface area contributed by atoms with E-state index in [9.17, 15) is 0 Å². The van der Waals surface area contributed by atoms with E-state index in [2.05, 4.69) is 66.9 Å². The van der Waals surface area contributed by atoms with E-state index < -0.39 is 0 Å². The van der Waals surface area contributed by atoms with Gasteiger partial charge in [0.2, 0.25) is 0 Å². The van der Waals surface area contributed by atoms with E-state index in [4.69, 9.17) is 4.98 Å². The monoisotopic (exact) mass is 408 g/mol. The Morgan fingerprint density at radius 2 is 1.63 bits per heavy atom. The summed E-state index contributed by atoms with van der Waals surface area (Å²) in [6.07, 6.45) is 0. The summed E-state index contributed by atoms with van der Waals surface area (Å²) < 4.78 is 0. The fraction of sp³-hybridized carbons (Fsp3) is 0.524. The molecule has 4 rings (SSSR count). The number of halogens is 2. The van der Waals surface area contributed by atoms with E-state index in [0.717, 1.165) is 30.4 Å². The predicted molar refractivity (Wildman–Crippen MR) is 116 cm³/mol. The fourth-order valence-electron chi connectivity index (χ4n) is 4.88. The van der Waals surface area contributed by atoms with Crippen LogP contribution in [0, 0.1) is 39.5 Å². The fourth-order valence-corrected chi connectivity index (χ4v) is 4.88. The van der Waals surface area contributed by atoms with E-state index in [1.165, 1.54) is 23.2 Å². The number of nitrogens with zero attached hydrogens (tertiary/aromatic N) is 4. The van der Waals surface area contributed by atoms with Gasteiger partial charge in [0, 0.05) is 42.9 Å². The lowest BCUT2D eigenvalue weighted by Crippen LogP contribution is -2.30. The molecular weight excluding hydrogens is 379 g/mol. The number of benzene rings is 1. The summed E-state index contributed by atoms with van der Waals surface area (Å²) in [5, 5.41) is 0. The Morgan fingerprint density at radius 1 is 0.926 bits per heavy atom. The summed E-state index contributed by atoms with van der Waals surface area (Å²) in [6.45, 7) is 11.8. The summed E-state index contributed by atoms with van der Waals surface area (Å²) in [5.41, 5.74) is 5.23. The zero-order chi connectivity index (χ0) is 17.7. The van der Waals surface area contributed by atoms with Gasteiger partial charge in [-0.1, -0.05) is 24.3 Å². The SMILES string of the molecule is Cc1nc(C)c(C)c(N2C[C@@H]3CN(C)[C@@H](c4ccccc4C)[C@@H]3C2)n1.Cl.Cl. The Hall–Kier alpha value is -1.36. The smallest absolute Gasteiger partial charge is 0.135 e. The van der Waals surface area contributed by atoms with Gasteiger partial charge in [0.15, 0.2) is 0 Å². The van der Waals surface area contributed by atoms with Crippen molar-refractivity contribution >= 4 is 30.6 Å². The quantitative estimate of drug-likeness (QED) is 0.741. The molecule has 2 saturated heterocycles. The Labute approximate surface area is 175 Å². The lowest BCUT2D eigenvalue weighted by atomic mass is 9.88. The number of likely N-dealkylation sites (tertiary alicyclic amines) is 1. The van der Waals surface area contributed by atoms with Crippen molar-refractivity contribution in [3.8, 4) is 0 Å². The molecule has 1 aromatic carbocycles. The minimum absolute atomic E-state index is 0. The number of rotatable bonds is 2. The van der Waals surface area contributed by atoms with E-state index in [0.29, 0.717) is 17.9 Å². The molecule has 6 heteroatoms. The number of aryl methyl sites for hydroxylation is 3. The van der Waals surface area contributed by atoms with Crippen molar-refractivity contribution in [2.45, 2.75) is 33.7 Å². The van der Waals surface area contributed by atoms with Crippen LogP contribution in [0.3, 0.4) is 0 Å². The molecule has 0 N–H and O–H groups in total. The summed E-state index contributed by atoms with van der Waals surface area (Å²) >= 11 is 0. The van der Waals surface area contributed by atoms with Crippen LogP contribution in [0.25, 0.3) is 0 Å². The minimum atomic E-state index is 0. The predicted octanol–water partition coefficient (Wildman–Crippen LogP) is 4.29. The highest BCUT2D eigenvalue weighted by Crippen LogP contribution is 2.45. The van der Waals surface area contributed by atoms with Crippen molar-refractivity contribution < 1.29 is 0 Å². The molecule has 0 bridgehead atoms. The molecule has 2 fully saturated rings. The third-order valence-corrected chi connectivity index (χ3v) is 6.18. The van der Waals surface area contributed by atoms with Crippen molar-refractivity contribution in [3.63, 3.8) is 0 Å². The molecule has 3 atom stereocenters. The normalized spacial score (nSPS) is 24.3. The molecule has 0 spiro atoms.